The summed E-state index contributed by atoms with van der Waals surface area (Å²) in [5.41, 5.74) is 0. The van der Waals surface area contributed by atoms with Crippen molar-refractivity contribution in [2.75, 3.05) is 5.88 Å². The van der Waals surface area contributed by atoms with E-state index in [-0.39, 0.29) is 0 Å². The van der Waals surface area contributed by atoms with Crippen molar-refractivity contribution in [3.05, 3.63) is 0 Å². The van der Waals surface area contributed by atoms with Crippen LogP contribution in [0.25, 0.3) is 0 Å². The third-order valence-corrected chi connectivity index (χ3v) is 1.00. The minimum absolute atomic E-state index is 0.827. The Morgan fingerprint density at radius 2 is 1.80 bits per heavy atom. The maximum atomic E-state index is 8.67. The van der Waals surface area contributed by atoms with Crippen LogP contribution in [0.4, 0.5) is 0 Å². The summed E-state index contributed by atoms with van der Waals surface area (Å²) in [6.07, 6.45) is 3.73. The van der Waals surface area contributed by atoms with Gasteiger partial charge in [-0.1, -0.05) is 19.8 Å². The number of hydrogen-bond acceptors (Lipinski definition) is 1. The summed E-state index contributed by atoms with van der Waals surface area (Å²) in [6, 6.07) is 0. The first-order chi connectivity index (χ1) is 4.65. The van der Waals surface area contributed by atoms with Gasteiger partial charge in [0.05, 0.1) is 0 Å². The highest BCUT2D eigenvalue weighted by Gasteiger charge is 1.76. The molecule has 10 heavy (non-hydrogen) atoms. The quantitative estimate of drug-likeness (QED) is 0.405. The number of rotatable bonds is 3. The van der Waals surface area contributed by atoms with Crippen molar-refractivity contribution >= 4 is 23.0 Å². The van der Waals surface area contributed by atoms with Gasteiger partial charge in [-0.05, 0) is 6.42 Å². The number of hydrogen-bond donors (Lipinski definition) is 2. The Morgan fingerprint density at radius 1 is 1.40 bits per heavy atom. The number of halogens is 1. The predicted molar refractivity (Wildman–Crippen MR) is 43.6 cm³/mol. The standard InChI is InChI=1S/C5H11Cl.H2O3S/c1-2-3-4-5-6;1-4(2)3/h2-5H2,1H3;(H2,1,2,3). The van der Waals surface area contributed by atoms with E-state index in [0.717, 1.165) is 5.88 Å². The van der Waals surface area contributed by atoms with Gasteiger partial charge in [-0.25, -0.2) is 0 Å². The molecule has 0 amide bonds. The molecule has 0 aromatic heterocycles. The van der Waals surface area contributed by atoms with Crippen LogP contribution in [0.2, 0.25) is 0 Å². The van der Waals surface area contributed by atoms with Gasteiger partial charge < -0.3 is 0 Å². The lowest BCUT2D eigenvalue weighted by molar-refractivity contribution is 0.454. The summed E-state index contributed by atoms with van der Waals surface area (Å²) >= 11 is 2.77. The minimum Gasteiger partial charge on any atom is -0.284 e. The first-order valence-electron chi connectivity index (χ1n) is 3.01. The van der Waals surface area contributed by atoms with Gasteiger partial charge in [0.2, 0.25) is 0 Å². The Balaban J connectivity index is 0. The fourth-order valence-corrected chi connectivity index (χ4v) is 0.533. The van der Waals surface area contributed by atoms with Crippen LogP contribution in [0.3, 0.4) is 0 Å². The monoisotopic (exact) mass is 188 g/mol. The lowest BCUT2D eigenvalue weighted by atomic mass is 10.3. The molecule has 0 saturated heterocycles. The molecule has 0 aliphatic carbocycles. The van der Waals surface area contributed by atoms with E-state index in [1.165, 1.54) is 19.3 Å². The van der Waals surface area contributed by atoms with Gasteiger partial charge in [0, 0.05) is 5.88 Å². The van der Waals surface area contributed by atoms with Crippen LogP contribution in [-0.4, -0.2) is 19.2 Å². The van der Waals surface area contributed by atoms with Crippen LogP contribution in [0, 0.1) is 0 Å². The number of unbranched alkanes of at least 4 members (excludes halogenated alkanes) is 2. The highest BCUT2D eigenvalue weighted by atomic mass is 35.5. The molecule has 5 heteroatoms. The van der Waals surface area contributed by atoms with E-state index in [9.17, 15) is 0 Å². The molecule has 0 spiro atoms. The minimum atomic E-state index is -2.61. The van der Waals surface area contributed by atoms with Gasteiger partial charge >= 0.3 is 0 Å². The van der Waals surface area contributed by atoms with Crippen LogP contribution in [-0.2, 0) is 11.4 Å². The van der Waals surface area contributed by atoms with Gasteiger partial charge in [-0.15, -0.1) is 11.6 Å². The highest BCUT2D eigenvalue weighted by molar-refractivity contribution is 7.73. The molecule has 0 saturated carbocycles. The zero-order valence-corrected chi connectivity index (χ0v) is 7.49. The van der Waals surface area contributed by atoms with Crippen molar-refractivity contribution < 1.29 is 13.3 Å². The molecule has 0 heterocycles. The van der Waals surface area contributed by atoms with Crippen molar-refractivity contribution in [2.24, 2.45) is 0 Å². The zero-order valence-electron chi connectivity index (χ0n) is 5.92. The molecular formula is C5H13ClO3S. The summed E-state index contributed by atoms with van der Waals surface area (Å²) < 4.78 is 22.8. The second-order valence-electron chi connectivity index (χ2n) is 1.63. The summed E-state index contributed by atoms with van der Waals surface area (Å²) in [6.45, 7) is 2.17. The third kappa shape index (κ3) is 40.1. The third-order valence-electron chi connectivity index (χ3n) is 0.737. The summed E-state index contributed by atoms with van der Waals surface area (Å²) in [5.74, 6) is 0.827. The second kappa shape index (κ2) is 12.1. The first-order valence-corrected chi connectivity index (χ1v) is 4.60. The molecule has 2 N–H and O–H groups in total. The SMILES string of the molecule is CCCCCCl.O=S(O)O. The molecule has 0 atom stereocenters. The molecule has 0 aromatic carbocycles. The predicted octanol–water partition coefficient (Wildman–Crippen LogP) is 2.10. The van der Waals surface area contributed by atoms with E-state index in [4.69, 9.17) is 24.9 Å². The topological polar surface area (TPSA) is 57.5 Å². The van der Waals surface area contributed by atoms with Gasteiger partial charge in [0.25, 0.3) is 11.4 Å². The molecule has 0 rings (SSSR count). The molecule has 0 aliphatic heterocycles. The average molecular weight is 189 g/mol. The Morgan fingerprint density at radius 3 is 1.90 bits per heavy atom. The second-order valence-corrected chi connectivity index (χ2v) is 2.47. The Kier molecular flexibility index (Phi) is 15.7. The van der Waals surface area contributed by atoms with Crippen LogP contribution >= 0.6 is 11.6 Å². The van der Waals surface area contributed by atoms with E-state index in [1.807, 2.05) is 0 Å². The molecule has 0 aliphatic rings. The van der Waals surface area contributed by atoms with E-state index >= 15 is 0 Å². The van der Waals surface area contributed by atoms with Gasteiger partial charge in [-0.2, -0.15) is 4.21 Å². The molecule has 3 nitrogen and oxygen atoms in total. The largest absolute Gasteiger partial charge is 0.299 e. The Labute approximate surface area is 68.9 Å². The van der Waals surface area contributed by atoms with Crippen molar-refractivity contribution in [3.8, 4) is 0 Å². The maximum Gasteiger partial charge on any atom is 0.299 e. The van der Waals surface area contributed by atoms with Gasteiger partial charge in [0.15, 0.2) is 0 Å². The average Bonchev–Trinajstić information content (AvgIpc) is 1.82. The van der Waals surface area contributed by atoms with E-state index in [1.54, 1.807) is 0 Å². The fourth-order valence-electron chi connectivity index (χ4n) is 0.344. The lowest BCUT2D eigenvalue weighted by Crippen LogP contribution is -1.74. The molecule has 0 fully saturated rings. The first kappa shape index (κ1) is 13.0. The molecule has 0 aromatic rings. The van der Waals surface area contributed by atoms with E-state index in [0.29, 0.717) is 0 Å². The van der Waals surface area contributed by atoms with Crippen LogP contribution in [0.5, 0.6) is 0 Å². The summed E-state index contributed by atoms with van der Waals surface area (Å²) in [5, 5.41) is 0. The highest BCUT2D eigenvalue weighted by Crippen LogP contribution is 1.93. The maximum absolute atomic E-state index is 8.67. The van der Waals surface area contributed by atoms with Crippen LogP contribution in [0.1, 0.15) is 26.2 Å². The molecular weight excluding hydrogens is 176 g/mol. The molecule has 64 valence electrons. The fraction of sp³-hybridized carbons (Fsp3) is 1.00. The smallest absolute Gasteiger partial charge is 0.284 e. The Bertz CT molecular complexity index is 71.3. The molecule has 0 unspecified atom stereocenters. The van der Waals surface area contributed by atoms with E-state index in [2.05, 4.69) is 6.92 Å². The van der Waals surface area contributed by atoms with Crippen molar-refractivity contribution in [1.29, 1.82) is 0 Å². The zero-order chi connectivity index (χ0) is 8.41. The number of alkyl halides is 1. The van der Waals surface area contributed by atoms with Crippen LogP contribution in [0.15, 0.2) is 0 Å². The van der Waals surface area contributed by atoms with E-state index < -0.39 is 11.4 Å². The lowest BCUT2D eigenvalue weighted by Gasteiger charge is -1.84. The van der Waals surface area contributed by atoms with Gasteiger partial charge in [-0.3, -0.25) is 9.11 Å². The van der Waals surface area contributed by atoms with Gasteiger partial charge in [0.1, 0.15) is 0 Å². The van der Waals surface area contributed by atoms with Crippen molar-refractivity contribution in [3.63, 3.8) is 0 Å². The molecule has 0 radical (unpaired) electrons. The summed E-state index contributed by atoms with van der Waals surface area (Å²) in [4.78, 5) is 0. The van der Waals surface area contributed by atoms with Crippen LogP contribution < -0.4 is 0 Å². The summed E-state index contributed by atoms with van der Waals surface area (Å²) in [7, 11) is 0. The van der Waals surface area contributed by atoms with Crippen molar-refractivity contribution in [1.82, 2.24) is 0 Å². The molecule has 0 bridgehead atoms. The normalized spacial score (nSPS) is 8.90. The van der Waals surface area contributed by atoms with Crippen molar-refractivity contribution in [2.45, 2.75) is 26.2 Å². The Hall–Kier alpha value is 0.360.